The van der Waals surface area contributed by atoms with E-state index in [1.54, 1.807) is 0 Å². The monoisotopic (exact) mass is 384 g/mol. The van der Waals surface area contributed by atoms with E-state index in [0.29, 0.717) is 13.1 Å². The van der Waals surface area contributed by atoms with E-state index >= 15 is 0 Å². The van der Waals surface area contributed by atoms with E-state index in [-0.39, 0.29) is 11.8 Å². The van der Waals surface area contributed by atoms with Crippen molar-refractivity contribution in [1.29, 1.82) is 0 Å². The largest absolute Gasteiger partial charge is 0.345 e. The van der Waals surface area contributed by atoms with Crippen molar-refractivity contribution in [3.63, 3.8) is 0 Å². The van der Waals surface area contributed by atoms with E-state index in [1.165, 1.54) is 0 Å². The molecule has 2 aliphatic rings. The molecule has 28 heavy (non-hydrogen) atoms. The van der Waals surface area contributed by atoms with Crippen molar-refractivity contribution >= 4 is 11.8 Å². The van der Waals surface area contributed by atoms with Crippen LogP contribution in [0.1, 0.15) is 27.7 Å². The highest BCUT2D eigenvalue weighted by molar-refractivity contribution is 5.79. The van der Waals surface area contributed by atoms with E-state index < -0.39 is 0 Å². The molecule has 0 radical (unpaired) electrons. The third-order valence-corrected chi connectivity index (χ3v) is 4.98. The van der Waals surface area contributed by atoms with Crippen molar-refractivity contribution in [2.45, 2.75) is 27.7 Å². The average molecular weight is 385 g/mol. The molecule has 0 aromatic heterocycles. The minimum atomic E-state index is 0.126. The van der Waals surface area contributed by atoms with Crippen LogP contribution in [-0.2, 0) is 9.59 Å². The van der Waals surface area contributed by atoms with Crippen molar-refractivity contribution < 1.29 is 9.59 Å². The van der Waals surface area contributed by atoms with Gasteiger partial charge < -0.3 is 19.6 Å². The van der Waals surface area contributed by atoms with Crippen molar-refractivity contribution in [1.82, 2.24) is 19.6 Å². The summed E-state index contributed by atoms with van der Waals surface area (Å²) in [7, 11) is 0. The fraction of sp³-hybridized carbons (Fsp3) is 0.455. The SMILES string of the molecule is CCN(CC)C(=O)CN1C=CC(=C2C=CN(CC(=O)N(CC)CC)C=C2)C=C1. The van der Waals surface area contributed by atoms with Crippen LogP contribution in [-0.4, -0.2) is 70.7 Å². The van der Waals surface area contributed by atoms with Gasteiger partial charge in [0.05, 0.1) is 0 Å². The van der Waals surface area contributed by atoms with Crippen LogP contribution in [0.25, 0.3) is 0 Å². The summed E-state index contributed by atoms with van der Waals surface area (Å²) in [6.45, 7) is 11.6. The molecule has 6 heteroatoms. The Morgan fingerprint density at radius 3 is 1.18 bits per heavy atom. The predicted molar refractivity (Wildman–Crippen MR) is 113 cm³/mol. The molecule has 2 amide bonds. The van der Waals surface area contributed by atoms with Gasteiger partial charge in [0.25, 0.3) is 0 Å². The Balaban J connectivity index is 1.93. The second kappa shape index (κ2) is 10.5. The van der Waals surface area contributed by atoms with Crippen LogP contribution in [0, 0.1) is 0 Å². The lowest BCUT2D eigenvalue weighted by Crippen LogP contribution is -2.37. The molecule has 0 saturated heterocycles. The Labute approximate surface area is 168 Å². The number of amides is 2. The number of carbonyl (C=O) groups is 2. The number of carbonyl (C=O) groups excluding carboxylic acids is 2. The highest BCUT2D eigenvalue weighted by Crippen LogP contribution is 2.19. The van der Waals surface area contributed by atoms with Crippen LogP contribution in [0.3, 0.4) is 0 Å². The lowest BCUT2D eigenvalue weighted by Gasteiger charge is -2.25. The van der Waals surface area contributed by atoms with Gasteiger partial charge in [-0.05, 0) is 63.1 Å². The van der Waals surface area contributed by atoms with E-state index in [4.69, 9.17) is 0 Å². The van der Waals surface area contributed by atoms with Crippen LogP contribution in [0.5, 0.6) is 0 Å². The molecule has 0 fully saturated rings. The summed E-state index contributed by atoms with van der Waals surface area (Å²) >= 11 is 0. The molecule has 0 saturated carbocycles. The minimum Gasteiger partial charge on any atom is -0.345 e. The first-order valence-corrected chi connectivity index (χ1v) is 10.1. The first-order chi connectivity index (χ1) is 13.5. The molecule has 0 bridgehead atoms. The molecule has 0 unspecified atom stereocenters. The first-order valence-electron chi connectivity index (χ1n) is 10.1. The van der Waals surface area contributed by atoms with E-state index in [2.05, 4.69) is 0 Å². The lowest BCUT2D eigenvalue weighted by molar-refractivity contribution is -0.131. The number of hydrogen-bond donors (Lipinski definition) is 0. The van der Waals surface area contributed by atoms with Gasteiger partial charge in [-0.1, -0.05) is 0 Å². The van der Waals surface area contributed by atoms with Gasteiger partial charge in [0, 0.05) is 51.0 Å². The number of hydrogen-bond acceptors (Lipinski definition) is 4. The molecule has 0 aliphatic carbocycles. The molecule has 0 N–H and O–H groups in total. The summed E-state index contributed by atoms with van der Waals surface area (Å²) < 4.78 is 0. The van der Waals surface area contributed by atoms with E-state index in [1.807, 2.05) is 96.4 Å². The summed E-state index contributed by atoms with van der Waals surface area (Å²) in [6.07, 6.45) is 15.8. The zero-order valence-corrected chi connectivity index (χ0v) is 17.5. The molecular formula is C22H32N4O2. The van der Waals surface area contributed by atoms with Crippen molar-refractivity contribution in [2.24, 2.45) is 0 Å². The molecule has 2 aliphatic heterocycles. The van der Waals surface area contributed by atoms with Crippen LogP contribution >= 0.6 is 0 Å². The Morgan fingerprint density at radius 1 is 0.643 bits per heavy atom. The third-order valence-electron chi connectivity index (χ3n) is 4.98. The molecule has 0 aromatic carbocycles. The van der Waals surface area contributed by atoms with Crippen molar-refractivity contribution in [3.8, 4) is 0 Å². The second-order valence-corrected chi connectivity index (χ2v) is 6.65. The first kappa shape index (κ1) is 21.5. The standard InChI is InChI=1S/C22H32N4O2/c1-5-25(6-2)21(27)17-23-13-9-19(10-14-23)20-11-15-24(16-12-20)18-22(28)26(7-3)8-4/h9-16H,5-8,17-18H2,1-4H3. The van der Waals surface area contributed by atoms with Gasteiger partial charge in [-0.2, -0.15) is 0 Å². The van der Waals surface area contributed by atoms with Crippen molar-refractivity contribution in [2.75, 3.05) is 39.3 Å². The third kappa shape index (κ3) is 5.62. The number of likely N-dealkylation sites (N-methyl/N-ethyl adjacent to an activating group) is 2. The molecule has 2 heterocycles. The Hall–Kier alpha value is -2.76. The molecule has 0 spiro atoms. The Kier molecular flexibility index (Phi) is 8.11. The molecule has 152 valence electrons. The summed E-state index contributed by atoms with van der Waals surface area (Å²) in [6, 6.07) is 0. The highest BCUT2D eigenvalue weighted by atomic mass is 16.2. The zero-order chi connectivity index (χ0) is 20.5. The summed E-state index contributed by atoms with van der Waals surface area (Å²) in [5.41, 5.74) is 2.16. The summed E-state index contributed by atoms with van der Waals surface area (Å²) in [4.78, 5) is 31.9. The van der Waals surface area contributed by atoms with Gasteiger partial charge in [0.1, 0.15) is 13.1 Å². The molecular weight excluding hydrogens is 352 g/mol. The maximum Gasteiger partial charge on any atom is 0.242 e. The fourth-order valence-corrected chi connectivity index (χ4v) is 3.18. The quantitative estimate of drug-likeness (QED) is 0.646. The molecule has 2 rings (SSSR count). The normalized spacial score (nSPS) is 15.4. The molecule has 0 aromatic rings. The van der Waals surface area contributed by atoms with Crippen LogP contribution in [0.4, 0.5) is 0 Å². The summed E-state index contributed by atoms with van der Waals surface area (Å²) in [5.74, 6) is 0.253. The fourth-order valence-electron chi connectivity index (χ4n) is 3.18. The highest BCUT2D eigenvalue weighted by Gasteiger charge is 2.15. The van der Waals surface area contributed by atoms with E-state index in [9.17, 15) is 9.59 Å². The minimum absolute atomic E-state index is 0.126. The van der Waals surface area contributed by atoms with Crippen LogP contribution in [0.15, 0.2) is 60.3 Å². The lowest BCUT2D eigenvalue weighted by atomic mass is 10.0. The maximum atomic E-state index is 12.2. The van der Waals surface area contributed by atoms with Gasteiger partial charge >= 0.3 is 0 Å². The predicted octanol–water partition coefficient (Wildman–Crippen LogP) is 2.71. The van der Waals surface area contributed by atoms with Crippen LogP contribution in [0.2, 0.25) is 0 Å². The maximum absolute atomic E-state index is 12.2. The second-order valence-electron chi connectivity index (χ2n) is 6.65. The van der Waals surface area contributed by atoms with Gasteiger partial charge in [0.2, 0.25) is 11.8 Å². The average Bonchev–Trinajstić information content (AvgIpc) is 2.71. The smallest absolute Gasteiger partial charge is 0.242 e. The van der Waals surface area contributed by atoms with Gasteiger partial charge in [-0.25, -0.2) is 0 Å². The van der Waals surface area contributed by atoms with Gasteiger partial charge in [0.15, 0.2) is 0 Å². The molecule has 0 atom stereocenters. The topological polar surface area (TPSA) is 47.1 Å². The van der Waals surface area contributed by atoms with Gasteiger partial charge in [-0.3, -0.25) is 9.59 Å². The Bertz CT molecular complexity index is 618. The number of rotatable bonds is 8. The zero-order valence-electron chi connectivity index (χ0n) is 17.5. The van der Waals surface area contributed by atoms with E-state index in [0.717, 1.165) is 37.3 Å². The number of allylic oxidation sites excluding steroid dienone is 6. The van der Waals surface area contributed by atoms with Gasteiger partial charge in [-0.15, -0.1) is 0 Å². The van der Waals surface area contributed by atoms with Crippen LogP contribution < -0.4 is 0 Å². The molecule has 6 nitrogen and oxygen atoms in total. The summed E-state index contributed by atoms with van der Waals surface area (Å²) in [5, 5.41) is 0. The number of nitrogens with zero attached hydrogens (tertiary/aromatic N) is 4. The Morgan fingerprint density at radius 2 is 0.929 bits per heavy atom. The van der Waals surface area contributed by atoms with Crippen molar-refractivity contribution in [3.05, 3.63) is 60.3 Å².